The molecule has 0 atom stereocenters. The van der Waals surface area contributed by atoms with E-state index in [9.17, 15) is 4.79 Å². The van der Waals surface area contributed by atoms with Crippen LogP contribution in [-0.4, -0.2) is 38.7 Å². The number of hydrogen-bond donors (Lipinski definition) is 0. The molecule has 0 radical (unpaired) electrons. The van der Waals surface area contributed by atoms with Gasteiger partial charge in [0.05, 0.1) is 5.69 Å². The van der Waals surface area contributed by atoms with E-state index in [2.05, 4.69) is 34.3 Å². The summed E-state index contributed by atoms with van der Waals surface area (Å²) in [6.07, 6.45) is 4.76. The molecule has 1 aromatic heterocycles. The third-order valence-electron chi connectivity index (χ3n) is 5.22. The average molecular weight is 360 g/mol. The van der Waals surface area contributed by atoms with E-state index in [0.717, 1.165) is 43.6 Å². The lowest BCUT2D eigenvalue weighted by atomic mass is 9.90. The minimum Gasteiger partial charge on any atom is -0.336 e. The second kappa shape index (κ2) is 7.74. The first kappa shape index (κ1) is 17.5. The van der Waals surface area contributed by atoms with Gasteiger partial charge in [-0.3, -0.25) is 4.79 Å². The van der Waals surface area contributed by atoms with Gasteiger partial charge in [0, 0.05) is 13.1 Å². The number of piperidine rings is 1. The van der Waals surface area contributed by atoms with Gasteiger partial charge in [0.1, 0.15) is 6.33 Å². The summed E-state index contributed by atoms with van der Waals surface area (Å²) in [5.74, 6) is 0.840. The van der Waals surface area contributed by atoms with Crippen molar-refractivity contribution < 1.29 is 4.79 Å². The van der Waals surface area contributed by atoms with Gasteiger partial charge in [0.15, 0.2) is 0 Å². The van der Waals surface area contributed by atoms with E-state index in [4.69, 9.17) is 0 Å². The highest BCUT2D eigenvalue weighted by atomic mass is 16.2. The molecule has 1 aliphatic heterocycles. The maximum absolute atomic E-state index is 12.8. The number of carbonyl (C=O) groups is 1. The van der Waals surface area contributed by atoms with E-state index in [-0.39, 0.29) is 11.7 Å². The van der Waals surface area contributed by atoms with Gasteiger partial charge in [0.25, 0.3) is 5.91 Å². The summed E-state index contributed by atoms with van der Waals surface area (Å²) in [6, 6.07) is 18.6. The largest absolute Gasteiger partial charge is 0.336 e. The number of likely N-dealkylation sites (tertiary alicyclic amines) is 1. The third-order valence-corrected chi connectivity index (χ3v) is 5.22. The molecule has 0 bridgehead atoms. The highest BCUT2D eigenvalue weighted by molar-refractivity contribution is 5.90. The Hall–Kier alpha value is -2.95. The van der Waals surface area contributed by atoms with Crippen molar-refractivity contribution in [3.05, 3.63) is 77.9 Å². The molecule has 0 spiro atoms. The molecule has 0 unspecified atom stereocenters. The molecule has 5 heteroatoms. The van der Waals surface area contributed by atoms with Gasteiger partial charge in [-0.2, -0.15) is 0 Å². The maximum Gasteiger partial charge on any atom is 0.293 e. The number of benzene rings is 2. The van der Waals surface area contributed by atoms with Gasteiger partial charge < -0.3 is 4.90 Å². The summed E-state index contributed by atoms with van der Waals surface area (Å²) in [6.45, 7) is 3.58. The van der Waals surface area contributed by atoms with Crippen molar-refractivity contribution in [1.29, 1.82) is 0 Å². The van der Waals surface area contributed by atoms with E-state index in [1.54, 1.807) is 11.0 Å². The minimum absolute atomic E-state index is 0.0698. The Labute approximate surface area is 159 Å². The summed E-state index contributed by atoms with van der Waals surface area (Å²) < 4.78 is 1.67. The zero-order chi connectivity index (χ0) is 18.6. The van der Waals surface area contributed by atoms with Crippen LogP contribution >= 0.6 is 0 Å². The summed E-state index contributed by atoms with van der Waals surface area (Å²) in [7, 11) is 0. The Bertz CT molecular complexity index is 911. The van der Waals surface area contributed by atoms with Crippen LogP contribution in [0.1, 0.15) is 34.6 Å². The molecule has 0 saturated carbocycles. The normalized spacial score (nSPS) is 15.1. The lowest BCUT2D eigenvalue weighted by Gasteiger charge is -2.31. The first-order chi connectivity index (χ1) is 13.2. The molecule has 4 rings (SSSR count). The van der Waals surface area contributed by atoms with E-state index in [1.165, 1.54) is 5.56 Å². The fraction of sp³-hybridized carbons (Fsp3) is 0.318. The highest BCUT2D eigenvalue weighted by Crippen LogP contribution is 2.22. The van der Waals surface area contributed by atoms with Crippen LogP contribution in [0.4, 0.5) is 0 Å². The van der Waals surface area contributed by atoms with Gasteiger partial charge in [-0.15, -0.1) is 5.10 Å². The SMILES string of the molecule is Cc1cccc(-n2cnc(C(=O)N3CCC(Cc4ccccc4)CC3)n2)c1. The highest BCUT2D eigenvalue weighted by Gasteiger charge is 2.26. The molecule has 2 heterocycles. The first-order valence-electron chi connectivity index (χ1n) is 9.51. The summed E-state index contributed by atoms with van der Waals surface area (Å²) >= 11 is 0. The molecule has 0 aliphatic carbocycles. The summed E-state index contributed by atoms with van der Waals surface area (Å²) in [5, 5.41) is 4.40. The molecule has 5 nitrogen and oxygen atoms in total. The standard InChI is InChI=1S/C22H24N4O/c1-17-6-5-9-20(14-17)26-16-23-21(24-26)22(27)25-12-10-19(11-13-25)15-18-7-3-2-4-8-18/h2-9,14,16,19H,10-13,15H2,1H3. The second-order valence-corrected chi connectivity index (χ2v) is 7.28. The molecule has 3 aromatic rings. The predicted octanol–water partition coefficient (Wildman–Crippen LogP) is 3.67. The zero-order valence-corrected chi connectivity index (χ0v) is 15.6. The van der Waals surface area contributed by atoms with Crippen LogP contribution in [0.15, 0.2) is 60.9 Å². The molecule has 0 N–H and O–H groups in total. The molecular weight excluding hydrogens is 336 g/mol. The maximum atomic E-state index is 12.8. The Balaban J connectivity index is 1.37. The number of aryl methyl sites for hydroxylation is 1. The molecule has 1 fully saturated rings. The number of amides is 1. The molecule has 2 aromatic carbocycles. The zero-order valence-electron chi connectivity index (χ0n) is 15.6. The lowest BCUT2D eigenvalue weighted by molar-refractivity contribution is 0.0678. The van der Waals surface area contributed by atoms with Crippen molar-refractivity contribution in [2.75, 3.05) is 13.1 Å². The molecule has 27 heavy (non-hydrogen) atoms. The van der Waals surface area contributed by atoms with Gasteiger partial charge in [-0.25, -0.2) is 9.67 Å². The third kappa shape index (κ3) is 4.08. The lowest BCUT2D eigenvalue weighted by Crippen LogP contribution is -2.39. The van der Waals surface area contributed by atoms with Crippen molar-refractivity contribution in [2.45, 2.75) is 26.2 Å². The van der Waals surface area contributed by atoms with Crippen LogP contribution in [0.2, 0.25) is 0 Å². The Morgan fingerprint density at radius 1 is 1.07 bits per heavy atom. The van der Waals surface area contributed by atoms with Crippen molar-refractivity contribution >= 4 is 5.91 Å². The average Bonchev–Trinajstić information content (AvgIpc) is 3.19. The van der Waals surface area contributed by atoms with E-state index in [1.807, 2.05) is 42.2 Å². The van der Waals surface area contributed by atoms with Gasteiger partial charge in [-0.1, -0.05) is 42.5 Å². The molecule has 1 saturated heterocycles. The number of carbonyl (C=O) groups excluding carboxylic acids is 1. The van der Waals surface area contributed by atoms with Crippen LogP contribution < -0.4 is 0 Å². The smallest absolute Gasteiger partial charge is 0.293 e. The molecule has 138 valence electrons. The van der Waals surface area contributed by atoms with Crippen LogP contribution in [0.25, 0.3) is 5.69 Å². The number of aromatic nitrogens is 3. The minimum atomic E-state index is -0.0698. The van der Waals surface area contributed by atoms with Gasteiger partial charge in [-0.05, 0) is 55.4 Å². The topological polar surface area (TPSA) is 51.0 Å². The first-order valence-corrected chi connectivity index (χ1v) is 9.51. The van der Waals surface area contributed by atoms with Crippen LogP contribution in [0.5, 0.6) is 0 Å². The molecule has 1 aliphatic rings. The van der Waals surface area contributed by atoms with Crippen molar-refractivity contribution in [2.24, 2.45) is 5.92 Å². The van der Waals surface area contributed by atoms with Crippen molar-refractivity contribution in [1.82, 2.24) is 19.7 Å². The van der Waals surface area contributed by atoms with E-state index >= 15 is 0 Å². The fourth-order valence-corrected chi connectivity index (χ4v) is 3.68. The van der Waals surface area contributed by atoms with Crippen molar-refractivity contribution in [3.8, 4) is 5.69 Å². The number of rotatable bonds is 4. The number of hydrogen-bond acceptors (Lipinski definition) is 3. The quantitative estimate of drug-likeness (QED) is 0.713. The predicted molar refractivity (Wildman–Crippen MR) is 105 cm³/mol. The Morgan fingerprint density at radius 3 is 2.59 bits per heavy atom. The second-order valence-electron chi connectivity index (χ2n) is 7.28. The van der Waals surface area contributed by atoms with Crippen LogP contribution in [0, 0.1) is 12.8 Å². The number of nitrogens with zero attached hydrogens (tertiary/aromatic N) is 4. The van der Waals surface area contributed by atoms with E-state index in [0.29, 0.717) is 5.92 Å². The Morgan fingerprint density at radius 2 is 1.85 bits per heavy atom. The van der Waals surface area contributed by atoms with Gasteiger partial charge in [0.2, 0.25) is 5.82 Å². The summed E-state index contributed by atoms with van der Waals surface area (Å²) in [4.78, 5) is 18.9. The summed E-state index contributed by atoms with van der Waals surface area (Å²) in [5.41, 5.74) is 3.44. The molecule has 1 amide bonds. The Kier molecular flexibility index (Phi) is 5.01. The van der Waals surface area contributed by atoms with Crippen LogP contribution in [-0.2, 0) is 6.42 Å². The molecular formula is C22H24N4O. The monoisotopic (exact) mass is 360 g/mol. The van der Waals surface area contributed by atoms with Crippen molar-refractivity contribution in [3.63, 3.8) is 0 Å². The fourth-order valence-electron chi connectivity index (χ4n) is 3.68. The van der Waals surface area contributed by atoms with E-state index < -0.39 is 0 Å². The van der Waals surface area contributed by atoms with Gasteiger partial charge >= 0.3 is 0 Å². The van der Waals surface area contributed by atoms with Crippen LogP contribution in [0.3, 0.4) is 0 Å².